The number of hydrogen-bond donors (Lipinski definition) is 1. The lowest BCUT2D eigenvalue weighted by Crippen LogP contribution is -2.22. The fourth-order valence-electron chi connectivity index (χ4n) is 1.56. The Hall–Kier alpha value is -2.37. The van der Waals surface area contributed by atoms with Gasteiger partial charge in [-0.1, -0.05) is 5.16 Å². The lowest BCUT2D eigenvalue weighted by Gasteiger charge is -1.99. The smallest absolute Gasteiger partial charge is 0.228 e. The molecular weight excluding hydrogens is 246 g/mol. The van der Waals surface area contributed by atoms with Gasteiger partial charge in [0.2, 0.25) is 17.6 Å². The van der Waals surface area contributed by atoms with Gasteiger partial charge in [-0.05, 0) is 24.3 Å². The molecule has 0 saturated carbocycles. The van der Waals surface area contributed by atoms with Gasteiger partial charge in [0.15, 0.2) is 0 Å². The second-order valence-corrected chi connectivity index (χ2v) is 3.97. The minimum atomic E-state index is -0.0742. The highest BCUT2D eigenvalue weighted by atomic mass is 16.5. The van der Waals surface area contributed by atoms with Crippen LogP contribution in [0.3, 0.4) is 0 Å². The number of rotatable bonds is 5. The molecule has 0 aliphatic rings. The van der Waals surface area contributed by atoms with Gasteiger partial charge >= 0.3 is 0 Å². The fraction of sp³-hybridized carbons (Fsp3) is 0.308. The number of hydrogen-bond acceptors (Lipinski definition) is 5. The molecule has 0 unspecified atom stereocenters. The lowest BCUT2D eigenvalue weighted by molar-refractivity contribution is -0.118. The first-order chi connectivity index (χ1) is 9.19. The van der Waals surface area contributed by atoms with E-state index in [-0.39, 0.29) is 5.91 Å². The molecule has 0 spiro atoms. The van der Waals surface area contributed by atoms with E-state index in [1.807, 2.05) is 24.3 Å². The van der Waals surface area contributed by atoms with Crippen LogP contribution in [-0.4, -0.2) is 29.7 Å². The predicted octanol–water partition coefficient (Wildman–Crippen LogP) is 1.42. The van der Waals surface area contributed by atoms with Crippen molar-refractivity contribution in [2.75, 3.05) is 13.7 Å². The molecule has 0 bridgehead atoms. The zero-order chi connectivity index (χ0) is 13.7. The summed E-state index contributed by atoms with van der Waals surface area (Å²) in [7, 11) is 1.61. The van der Waals surface area contributed by atoms with Crippen molar-refractivity contribution < 1.29 is 14.1 Å². The molecule has 1 aromatic heterocycles. The number of nitrogens with one attached hydrogen (secondary N) is 1. The number of carbonyl (C=O) groups is 1. The normalized spacial score (nSPS) is 10.2. The number of methoxy groups -OCH3 is 1. The highest BCUT2D eigenvalue weighted by Gasteiger charge is 2.08. The molecule has 6 nitrogen and oxygen atoms in total. The van der Waals surface area contributed by atoms with Crippen LogP contribution in [0.2, 0.25) is 0 Å². The van der Waals surface area contributed by atoms with Crippen molar-refractivity contribution in [1.82, 2.24) is 15.5 Å². The molecule has 0 fully saturated rings. The van der Waals surface area contributed by atoms with Crippen molar-refractivity contribution in [3.05, 3.63) is 30.2 Å². The van der Waals surface area contributed by atoms with Gasteiger partial charge in [0.05, 0.1) is 7.11 Å². The number of benzene rings is 1. The van der Waals surface area contributed by atoms with Crippen LogP contribution in [0.4, 0.5) is 0 Å². The lowest BCUT2D eigenvalue weighted by atomic mass is 10.2. The summed E-state index contributed by atoms with van der Waals surface area (Å²) in [5.74, 6) is 1.73. The van der Waals surface area contributed by atoms with Crippen molar-refractivity contribution in [2.24, 2.45) is 0 Å². The van der Waals surface area contributed by atoms with E-state index in [9.17, 15) is 4.79 Å². The minimum absolute atomic E-state index is 0.0742. The quantitative estimate of drug-likeness (QED) is 0.880. The number of aromatic nitrogens is 2. The zero-order valence-electron chi connectivity index (χ0n) is 10.8. The Morgan fingerprint density at radius 1 is 1.37 bits per heavy atom. The van der Waals surface area contributed by atoms with E-state index in [0.717, 1.165) is 11.3 Å². The molecule has 0 aliphatic carbocycles. The number of ether oxygens (including phenoxy) is 1. The maximum atomic E-state index is 10.7. The molecule has 2 aromatic rings. The molecule has 2 rings (SSSR count). The summed E-state index contributed by atoms with van der Waals surface area (Å²) in [6, 6.07) is 7.40. The number of nitrogens with zero attached hydrogens (tertiary/aromatic N) is 2. The zero-order valence-corrected chi connectivity index (χ0v) is 10.8. The van der Waals surface area contributed by atoms with Gasteiger partial charge in [-0.3, -0.25) is 4.79 Å². The summed E-state index contributed by atoms with van der Waals surface area (Å²) < 4.78 is 10.2. The summed E-state index contributed by atoms with van der Waals surface area (Å²) >= 11 is 0. The maximum Gasteiger partial charge on any atom is 0.228 e. The van der Waals surface area contributed by atoms with E-state index in [2.05, 4.69) is 15.5 Å². The van der Waals surface area contributed by atoms with Crippen LogP contribution in [0, 0.1) is 0 Å². The Morgan fingerprint density at radius 3 is 2.74 bits per heavy atom. The van der Waals surface area contributed by atoms with E-state index in [4.69, 9.17) is 9.26 Å². The molecule has 0 atom stereocenters. The second-order valence-electron chi connectivity index (χ2n) is 3.97. The third kappa shape index (κ3) is 3.54. The van der Waals surface area contributed by atoms with Gasteiger partial charge in [-0.2, -0.15) is 4.98 Å². The highest BCUT2D eigenvalue weighted by molar-refractivity contribution is 5.72. The van der Waals surface area contributed by atoms with E-state index in [1.54, 1.807) is 7.11 Å². The van der Waals surface area contributed by atoms with Gasteiger partial charge in [0, 0.05) is 25.5 Å². The molecule has 100 valence electrons. The Kier molecular flexibility index (Phi) is 4.12. The summed E-state index contributed by atoms with van der Waals surface area (Å²) in [4.78, 5) is 15.0. The van der Waals surface area contributed by atoms with Crippen molar-refractivity contribution >= 4 is 5.91 Å². The van der Waals surface area contributed by atoms with Gasteiger partial charge in [0.25, 0.3) is 0 Å². The van der Waals surface area contributed by atoms with E-state index < -0.39 is 0 Å². The molecular formula is C13H15N3O3. The second kappa shape index (κ2) is 5.99. The molecule has 1 heterocycles. The summed E-state index contributed by atoms with van der Waals surface area (Å²) in [5, 5.41) is 6.57. The molecule has 1 aromatic carbocycles. The van der Waals surface area contributed by atoms with Crippen LogP contribution in [0.1, 0.15) is 12.8 Å². The standard InChI is InChI=1S/C13H15N3O3/c1-9(17)14-8-7-12-15-13(16-19-12)10-3-5-11(18-2)6-4-10/h3-6H,7-8H2,1-2H3,(H,14,17). The van der Waals surface area contributed by atoms with Crippen molar-refractivity contribution in [3.8, 4) is 17.1 Å². The fourth-order valence-corrected chi connectivity index (χ4v) is 1.56. The first-order valence-corrected chi connectivity index (χ1v) is 5.90. The Labute approximate surface area is 110 Å². The van der Waals surface area contributed by atoms with Gasteiger partial charge in [-0.15, -0.1) is 0 Å². The third-order valence-corrected chi connectivity index (χ3v) is 2.53. The Balaban J connectivity index is 2.01. The monoisotopic (exact) mass is 261 g/mol. The molecule has 0 saturated heterocycles. The number of carbonyl (C=O) groups excluding carboxylic acids is 1. The summed E-state index contributed by atoms with van der Waals surface area (Å²) in [5.41, 5.74) is 0.857. The molecule has 0 aliphatic heterocycles. The molecule has 1 N–H and O–H groups in total. The summed E-state index contributed by atoms with van der Waals surface area (Å²) in [6.45, 7) is 1.95. The van der Waals surface area contributed by atoms with E-state index >= 15 is 0 Å². The topological polar surface area (TPSA) is 77.3 Å². The largest absolute Gasteiger partial charge is 0.497 e. The summed E-state index contributed by atoms with van der Waals surface area (Å²) in [6.07, 6.45) is 0.517. The van der Waals surface area contributed by atoms with Crippen LogP contribution in [-0.2, 0) is 11.2 Å². The average molecular weight is 261 g/mol. The van der Waals surface area contributed by atoms with Crippen LogP contribution < -0.4 is 10.1 Å². The first-order valence-electron chi connectivity index (χ1n) is 5.90. The van der Waals surface area contributed by atoms with E-state index in [0.29, 0.717) is 24.7 Å². The van der Waals surface area contributed by atoms with Crippen LogP contribution in [0.25, 0.3) is 11.4 Å². The minimum Gasteiger partial charge on any atom is -0.497 e. The van der Waals surface area contributed by atoms with Crippen molar-refractivity contribution in [3.63, 3.8) is 0 Å². The molecule has 6 heteroatoms. The van der Waals surface area contributed by atoms with Crippen molar-refractivity contribution in [1.29, 1.82) is 0 Å². The number of amides is 1. The van der Waals surface area contributed by atoms with Gasteiger partial charge < -0.3 is 14.6 Å². The SMILES string of the molecule is COc1ccc(-c2noc(CCNC(C)=O)n2)cc1. The van der Waals surface area contributed by atoms with Crippen LogP contribution in [0.15, 0.2) is 28.8 Å². The van der Waals surface area contributed by atoms with Crippen molar-refractivity contribution in [2.45, 2.75) is 13.3 Å². The molecule has 1 amide bonds. The van der Waals surface area contributed by atoms with E-state index in [1.165, 1.54) is 6.92 Å². The first kappa shape index (κ1) is 13.1. The Bertz CT molecular complexity index is 549. The Morgan fingerprint density at radius 2 is 2.11 bits per heavy atom. The van der Waals surface area contributed by atoms with Crippen LogP contribution in [0.5, 0.6) is 5.75 Å². The van der Waals surface area contributed by atoms with Gasteiger partial charge in [0.1, 0.15) is 5.75 Å². The average Bonchev–Trinajstić information content (AvgIpc) is 2.87. The van der Waals surface area contributed by atoms with Crippen LogP contribution >= 0.6 is 0 Å². The highest BCUT2D eigenvalue weighted by Crippen LogP contribution is 2.19. The van der Waals surface area contributed by atoms with Gasteiger partial charge in [-0.25, -0.2) is 0 Å². The predicted molar refractivity (Wildman–Crippen MR) is 68.7 cm³/mol. The third-order valence-electron chi connectivity index (χ3n) is 2.53. The maximum absolute atomic E-state index is 10.7. The molecule has 0 radical (unpaired) electrons. The molecule has 19 heavy (non-hydrogen) atoms.